The third-order valence-electron chi connectivity index (χ3n) is 3.67. The Labute approximate surface area is 128 Å². The van der Waals surface area contributed by atoms with Crippen molar-refractivity contribution in [2.75, 3.05) is 0 Å². The number of hydrogen-bond donors (Lipinski definition) is 1. The van der Waals surface area contributed by atoms with Crippen LogP contribution in [0.25, 0.3) is 0 Å². The highest BCUT2D eigenvalue weighted by atomic mass is 16.3. The fourth-order valence-electron chi connectivity index (χ4n) is 2.51. The Balaban J connectivity index is 0.000000194. The maximum atomic E-state index is 8.63. The lowest BCUT2D eigenvalue weighted by atomic mass is 9.97. The van der Waals surface area contributed by atoms with E-state index in [1.807, 2.05) is 6.07 Å². The minimum atomic E-state index is 0.322. The molecule has 1 nitrogen and oxygen atoms in total. The Kier molecular flexibility index (Phi) is 6.60. The molecule has 3 rings (SSSR count). The standard InChI is InChI=1S/C14H18.C6H6O/c1-2-6-10-13(9-5-1)14-11-7-3-4-8-12-14;7-6-4-2-1-3-5-6/h1,3,5,7,9,11H,2,4,6,8,10,12H2;1-5,7H. The van der Waals surface area contributed by atoms with Crippen molar-refractivity contribution in [1.82, 2.24) is 0 Å². The molecule has 1 aromatic rings. The quantitative estimate of drug-likeness (QED) is 0.698. The first-order valence-electron chi connectivity index (χ1n) is 7.82. The Morgan fingerprint density at radius 1 is 0.714 bits per heavy atom. The van der Waals surface area contributed by atoms with Crippen LogP contribution in [0.15, 0.2) is 77.9 Å². The molecule has 0 bridgehead atoms. The fourth-order valence-corrected chi connectivity index (χ4v) is 2.51. The third-order valence-corrected chi connectivity index (χ3v) is 3.67. The molecule has 1 aromatic carbocycles. The van der Waals surface area contributed by atoms with Gasteiger partial charge in [-0.1, -0.05) is 54.7 Å². The summed E-state index contributed by atoms with van der Waals surface area (Å²) in [6.45, 7) is 0. The minimum Gasteiger partial charge on any atom is -0.508 e. The van der Waals surface area contributed by atoms with Crippen LogP contribution in [0.1, 0.15) is 38.5 Å². The molecule has 0 fully saturated rings. The molecule has 0 amide bonds. The van der Waals surface area contributed by atoms with Crippen LogP contribution >= 0.6 is 0 Å². The maximum Gasteiger partial charge on any atom is 0.115 e. The van der Waals surface area contributed by atoms with Crippen LogP contribution in [0.4, 0.5) is 0 Å². The van der Waals surface area contributed by atoms with Gasteiger partial charge >= 0.3 is 0 Å². The lowest BCUT2D eigenvalue weighted by molar-refractivity contribution is 0.475. The summed E-state index contributed by atoms with van der Waals surface area (Å²) in [4.78, 5) is 0. The second kappa shape index (κ2) is 9.02. The zero-order valence-corrected chi connectivity index (χ0v) is 12.5. The highest BCUT2D eigenvalue weighted by Crippen LogP contribution is 2.25. The molecule has 0 aromatic heterocycles. The molecule has 0 radical (unpaired) electrons. The molecule has 0 atom stereocenters. The largest absolute Gasteiger partial charge is 0.508 e. The predicted octanol–water partition coefficient (Wildman–Crippen LogP) is 5.71. The topological polar surface area (TPSA) is 20.2 Å². The van der Waals surface area contributed by atoms with Crippen molar-refractivity contribution in [3.8, 4) is 5.75 Å². The van der Waals surface area contributed by atoms with Crippen molar-refractivity contribution >= 4 is 0 Å². The van der Waals surface area contributed by atoms with Gasteiger partial charge in [0.05, 0.1) is 0 Å². The number of aromatic hydroxyl groups is 1. The van der Waals surface area contributed by atoms with E-state index in [-0.39, 0.29) is 0 Å². The summed E-state index contributed by atoms with van der Waals surface area (Å²) < 4.78 is 0. The maximum absolute atomic E-state index is 8.63. The number of phenolic OH excluding ortho intramolecular Hbond substituents is 1. The van der Waals surface area contributed by atoms with Gasteiger partial charge in [0, 0.05) is 0 Å². The van der Waals surface area contributed by atoms with Crippen molar-refractivity contribution in [1.29, 1.82) is 0 Å². The minimum absolute atomic E-state index is 0.322. The molecule has 0 aliphatic heterocycles. The van der Waals surface area contributed by atoms with Crippen LogP contribution in [0.2, 0.25) is 0 Å². The van der Waals surface area contributed by atoms with Gasteiger partial charge in [-0.05, 0) is 61.8 Å². The van der Waals surface area contributed by atoms with Gasteiger partial charge < -0.3 is 5.11 Å². The molecule has 2 aliphatic carbocycles. The Hall–Kier alpha value is -2.02. The molecule has 110 valence electrons. The molecular formula is C20H24O. The zero-order valence-electron chi connectivity index (χ0n) is 12.5. The average molecular weight is 280 g/mol. The molecular weight excluding hydrogens is 256 g/mol. The van der Waals surface area contributed by atoms with Gasteiger partial charge in [-0.3, -0.25) is 0 Å². The normalized spacial score (nSPS) is 17.7. The third kappa shape index (κ3) is 5.86. The first-order chi connectivity index (χ1) is 10.4. The molecule has 0 saturated carbocycles. The molecule has 0 unspecified atom stereocenters. The van der Waals surface area contributed by atoms with Crippen LogP contribution in [0.3, 0.4) is 0 Å². The molecule has 0 saturated heterocycles. The van der Waals surface area contributed by atoms with Gasteiger partial charge in [0.15, 0.2) is 0 Å². The molecule has 0 spiro atoms. The molecule has 1 N–H and O–H groups in total. The Morgan fingerprint density at radius 3 is 1.67 bits per heavy atom. The summed E-state index contributed by atoms with van der Waals surface area (Å²) in [5.41, 5.74) is 3.12. The van der Waals surface area contributed by atoms with Crippen molar-refractivity contribution < 1.29 is 5.11 Å². The first kappa shape index (κ1) is 15.4. The summed E-state index contributed by atoms with van der Waals surface area (Å²) >= 11 is 0. The molecule has 0 heterocycles. The van der Waals surface area contributed by atoms with E-state index in [2.05, 4.69) is 36.5 Å². The lowest BCUT2D eigenvalue weighted by Crippen LogP contribution is -1.89. The van der Waals surface area contributed by atoms with Crippen LogP contribution in [-0.4, -0.2) is 5.11 Å². The van der Waals surface area contributed by atoms with Crippen molar-refractivity contribution in [3.63, 3.8) is 0 Å². The van der Waals surface area contributed by atoms with Crippen molar-refractivity contribution in [2.45, 2.75) is 38.5 Å². The molecule has 1 heteroatoms. The van der Waals surface area contributed by atoms with Crippen LogP contribution in [0, 0.1) is 0 Å². The second-order valence-electron chi connectivity index (χ2n) is 5.36. The van der Waals surface area contributed by atoms with Gasteiger partial charge in [0.2, 0.25) is 0 Å². The van der Waals surface area contributed by atoms with Crippen LogP contribution in [-0.2, 0) is 0 Å². The highest BCUT2D eigenvalue weighted by molar-refractivity contribution is 5.37. The fraction of sp³-hybridized carbons (Fsp3) is 0.300. The molecule has 2 aliphatic rings. The van der Waals surface area contributed by atoms with Crippen LogP contribution in [0.5, 0.6) is 5.75 Å². The van der Waals surface area contributed by atoms with E-state index in [0.29, 0.717) is 5.75 Å². The summed E-state index contributed by atoms with van der Waals surface area (Å²) in [6, 6.07) is 8.71. The second-order valence-corrected chi connectivity index (χ2v) is 5.36. The van der Waals surface area contributed by atoms with E-state index in [1.165, 1.54) is 38.5 Å². The van der Waals surface area contributed by atoms with Gasteiger partial charge in [0.1, 0.15) is 5.75 Å². The number of phenols is 1. The monoisotopic (exact) mass is 280 g/mol. The summed E-state index contributed by atoms with van der Waals surface area (Å²) in [5.74, 6) is 0.322. The number of rotatable bonds is 1. The summed E-state index contributed by atoms with van der Waals surface area (Å²) in [7, 11) is 0. The van der Waals surface area contributed by atoms with E-state index in [1.54, 1.807) is 35.4 Å². The zero-order chi connectivity index (χ0) is 14.8. The average Bonchev–Trinajstić information content (AvgIpc) is 2.93. The SMILES string of the molecule is C1=CCCCC(C2=CC=CCCC2)=C1.Oc1ccccc1. The van der Waals surface area contributed by atoms with Crippen LogP contribution < -0.4 is 0 Å². The van der Waals surface area contributed by atoms with E-state index >= 15 is 0 Å². The highest BCUT2D eigenvalue weighted by Gasteiger charge is 2.06. The van der Waals surface area contributed by atoms with E-state index in [9.17, 15) is 0 Å². The Morgan fingerprint density at radius 2 is 1.24 bits per heavy atom. The van der Waals surface area contributed by atoms with E-state index in [4.69, 9.17) is 5.11 Å². The number of para-hydroxylation sites is 1. The van der Waals surface area contributed by atoms with Gasteiger partial charge in [-0.25, -0.2) is 0 Å². The smallest absolute Gasteiger partial charge is 0.115 e. The van der Waals surface area contributed by atoms with E-state index in [0.717, 1.165) is 0 Å². The number of hydrogen-bond acceptors (Lipinski definition) is 1. The lowest BCUT2D eigenvalue weighted by Gasteiger charge is -2.08. The van der Waals surface area contributed by atoms with Crippen molar-refractivity contribution in [3.05, 3.63) is 77.9 Å². The van der Waals surface area contributed by atoms with Gasteiger partial charge in [0.25, 0.3) is 0 Å². The molecule has 21 heavy (non-hydrogen) atoms. The first-order valence-corrected chi connectivity index (χ1v) is 7.82. The summed E-state index contributed by atoms with van der Waals surface area (Å²) in [5, 5.41) is 8.63. The predicted molar refractivity (Wildman–Crippen MR) is 90.3 cm³/mol. The Bertz CT molecular complexity index is 500. The van der Waals surface area contributed by atoms with Gasteiger partial charge in [-0.15, -0.1) is 0 Å². The van der Waals surface area contributed by atoms with E-state index < -0.39 is 0 Å². The van der Waals surface area contributed by atoms with Crippen molar-refractivity contribution in [2.24, 2.45) is 0 Å². The van der Waals surface area contributed by atoms with Gasteiger partial charge in [-0.2, -0.15) is 0 Å². The summed E-state index contributed by atoms with van der Waals surface area (Å²) in [6.07, 6.45) is 21.2. The number of benzene rings is 1. The number of allylic oxidation sites excluding steroid dienone is 8.